The lowest BCUT2D eigenvalue weighted by molar-refractivity contribution is 0.289. The first-order valence-electron chi connectivity index (χ1n) is 10.4. The predicted molar refractivity (Wildman–Crippen MR) is 112 cm³/mol. The summed E-state index contributed by atoms with van der Waals surface area (Å²) in [6, 6.07) is 6.21. The highest BCUT2D eigenvalue weighted by atomic mass is 16.5. The minimum absolute atomic E-state index is 0.172. The topological polar surface area (TPSA) is 44.5 Å². The molecule has 1 rings (SSSR count). The Bertz CT molecular complexity index is 493. The maximum absolute atomic E-state index is 6.49. The third-order valence-electron chi connectivity index (χ3n) is 5.39. The van der Waals surface area contributed by atoms with Crippen LogP contribution in [0.3, 0.4) is 0 Å². The molecule has 3 nitrogen and oxygen atoms in total. The van der Waals surface area contributed by atoms with Crippen molar-refractivity contribution in [1.29, 1.82) is 0 Å². The highest BCUT2D eigenvalue weighted by Crippen LogP contribution is 2.31. The second kappa shape index (κ2) is 12.2. The van der Waals surface area contributed by atoms with Gasteiger partial charge in [-0.1, -0.05) is 64.4 Å². The Morgan fingerprint density at radius 2 is 1.46 bits per heavy atom. The molecule has 0 amide bonds. The lowest BCUT2D eigenvalue weighted by atomic mass is 9.80. The molecule has 1 unspecified atom stereocenters. The number of nitrogens with two attached hydrogens (primary N) is 1. The van der Waals surface area contributed by atoms with Gasteiger partial charge >= 0.3 is 0 Å². The summed E-state index contributed by atoms with van der Waals surface area (Å²) in [6.07, 6.45) is 13.0. The molecular formula is C23H41NO2. The molecule has 0 spiro atoms. The van der Waals surface area contributed by atoms with E-state index in [0.717, 1.165) is 17.9 Å². The number of unbranched alkanes of at least 4 members (excludes halogenated alkanes) is 7. The van der Waals surface area contributed by atoms with Crippen molar-refractivity contribution in [2.45, 2.75) is 90.5 Å². The Kier molecular flexibility index (Phi) is 10.7. The van der Waals surface area contributed by atoms with E-state index >= 15 is 0 Å². The maximum atomic E-state index is 6.49. The highest BCUT2D eigenvalue weighted by Gasteiger charge is 2.25. The molecule has 0 aliphatic heterocycles. The van der Waals surface area contributed by atoms with Crippen LogP contribution in [0.4, 0.5) is 0 Å². The van der Waals surface area contributed by atoms with Gasteiger partial charge in [-0.15, -0.1) is 0 Å². The SMILES string of the molecule is CCCCCCCCCCC(Cc1ccc(OC)c(OC)c1)C(C)(C)N. The van der Waals surface area contributed by atoms with Gasteiger partial charge in [-0.05, 0) is 50.3 Å². The second-order valence-corrected chi connectivity index (χ2v) is 8.18. The Morgan fingerprint density at radius 3 is 2.00 bits per heavy atom. The van der Waals surface area contributed by atoms with E-state index in [-0.39, 0.29) is 5.54 Å². The van der Waals surface area contributed by atoms with Crippen molar-refractivity contribution in [3.8, 4) is 11.5 Å². The van der Waals surface area contributed by atoms with Gasteiger partial charge in [0.05, 0.1) is 14.2 Å². The molecule has 3 heteroatoms. The zero-order valence-corrected chi connectivity index (χ0v) is 17.8. The first kappa shape index (κ1) is 22.8. The molecule has 0 fully saturated rings. The van der Waals surface area contributed by atoms with Crippen LogP contribution in [0.5, 0.6) is 11.5 Å². The Hall–Kier alpha value is -1.22. The van der Waals surface area contributed by atoms with Gasteiger partial charge in [-0.2, -0.15) is 0 Å². The fourth-order valence-corrected chi connectivity index (χ4v) is 3.55. The van der Waals surface area contributed by atoms with E-state index in [1.807, 2.05) is 6.07 Å². The molecule has 0 aliphatic rings. The normalized spacial score (nSPS) is 12.8. The maximum Gasteiger partial charge on any atom is 0.160 e. The second-order valence-electron chi connectivity index (χ2n) is 8.18. The molecule has 0 heterocycles. The number of rotatable bonds is 14. The van der Waals surface area contributed by atoms with Gasteiger partial charge in [0.2, 0.25) is 0 Å². The number of hydrogen-bond donors (Lipinski definition) is 1. The lowest BCUT2D eigenvalue weighted by Crippen LogP contribution is -2.42. The van der Waals surface area contributed by atoms with Crippen LogP contribution < -0.4 is 15.2 Å². The number of ether oxygens (including phenoxy) is 2. The summed E-state index contributed by atoms with van der Waals surface area (Å²) in [5.41, 5.74) is 7.59. The quantitative estimate of drug-likeness (QED) is 0.404. The molecule has 26 heavy (non-hydrogen) atoms. The van der Waals surface area contributed by atoms with Gasteiger partial charge in [0, 0.05) is 5.54 Å². The van der Waals surface area contributed by atoms with Crippen LogP contribution in [0.25, 0.3) is 0 Å². The predicted octanol–water partition coefficient (Wildman–Crippen LogP) is 6.13. The first-order chi connectivity index (χ1) is 12.4. The molecule has 1 atom stereocenters. The summed E-state index contributed by atoms with van der Waals surface area (Å²) in [6.45, 7) is 6.58. The average molecular weight is 364 g/mol. The fraction of sp³-hybridized carbons (Fsp3) is 0.739. The van der Waals surface area contributed by atoms with Crippen molar-refractivity contribution < 1.29 is 9.47 Å². The van der Waals surface area contributed by atoms with Crippen LogP contribution in [0.15, 0.2) is 18.2 Å². The zero-order valence-electron chi connectivity index (χ0n) is 17.8. The van der Waals surface area contributed by atoms with Gasteiger partial charge in [0.15, 0.2) is 11.5 Å². The molecule has 0 bridgehead atoms. The van der Waals surface area contributed by atoms with Crippen LogP contribution in [0.2, 0.25) is 0 Å². The monoisotopic (exact) mass is 363 g/mol. The van der Waals surface area contributed by atoms with Gasteiger partial charge in [0.1, 0.15) is 0 Å². The summed E-state index contributed by atoms with van der Waals surface area (Å²) >= 11 is 0. The Morgan fingerprint density at radius 1 is 0.885 bits per heavy atom. The lowest BCUT2D eigenvalue weighted by Gasteiger charge is -2.31. The van der Waals surface area contributed by atoms with Crippen LogP contribution in [0.1, 0.15) is 84.1 Å². The first-order valence-corrected chi connectivity index (χ1v) is 10.4. The summed E-state index contributed by atoms with van der Waals surface area (Å²) < 4.78 is 10.8. The van der Waals surface area contributed by atoms with Gasteiger partial charge < -0.3 is 15.2 Å². The third-order valence-corrected chi connectivity index (χ3v) is 5.39. The van der Waals surface area contributed by atoms with E-state index in [1.54, 1.807) is 14.2 Å². The minimum Gasteiger partial charge on any atom is -0.493 e. The summed E-state index contributed by atoms with van der Waals surface area (Å²) in [5.74, 6) is 2.05. The van der Waals surface area contributed by atoms with Crippen LogP contribution >= 0.6 is 0 Å². The minimum atomic E-state index is -0.172. The van der Waals surface area contributed by atoms with E-state index in [2.05, 4.69) is 32.9 Å². The summed E-state index contributed by atoms with van der Waals surface area (Å²) in [7, 11) is 3.36. The summed E-state index contributed by atoms with van der Waals surface area (Å²) in [4.78, 5) is 0. The largest absolute Gasteiger partial charge is 0.493 e. The molecule has 0 saturated carbocycles. The van der Waals surface area contributed by atoms with Crippen molar-refractivity contribution >= 4 is 0 Å². The van der Waals surface area contributed by atoms with Gasteiger partial charge in [-0.25, -0.2) is 0 Å². The third kappa shape index (κ3) is 8.44. The summed E-state index contributed by atoms with van der Waals surface area (Å²) in [5, 5.41) is 0. The Labute approximate surface area is 161 Å². The van der Waals surface area contributed by atoms with E-state index in [4.69, 9.17) is 15.2 Å². The highest BCUT2D eigenvalue weighted by molar-refractivity contribution is 5.43. The van der Waals surface area contributed by atoms with Crippen molar-refractivity contribution in [3.05, 3.63) is 23.8 Å². The van der Waals surface area contributed by atoms with Gasteiger partial charge in [0.25, 0.3) is 0 Å². The molecule has 2 N–H and O–H groups in total. The number of methoxy groups -OCH3 is 2. The fourth-order valence-electron chi connectivity index (χ4n) is 3.55. The molecule has 0 radical (unpaired) electrons. The Balaban J connectivity index is 2.50. The van der Waals surface area contributed by atoms with E-state index < -0.39 is 0 Å². The molecular weight excluding hydrogens is 322 g/mol. The molecule has 0 aliphatic carbocycles. The van der Waals surface area contributed by atoms with Crippen molar-refractivity contribution in [3.63, 3.8) is 0 Å². The number of hydrogen-bond acceptors (Lipinski definition) is 3. The average Bonchev–Trinajstić information content (AvgIpc) is 2.61. The van der Waals surface area contributed by atoms with E-state index in [0.29, 0.717) is 5.92 Å². The molecule has 0 saturated heterocycles. The van der Waals surface area contributed by atoms with Crippen LogP contribution in [-0.2, 0) is 6.42 Å². The van der Waals surface area contributed by atoms with E-state index in [9.17, 15) is 0 Å². The van der Waals surface area contributed by atoms with E-state index in [1.165, 1.54) is 63.4 Å². The van der Waals surface area contributed by atoms with Crippen LogP contribution in [-0.4, -0.2) is 19.8 Å². The number of benzene rings is 1. The molecule has 0 aromatic heterocycles. The van der Waals surface area contributed by atoms with Crippen LogP contribution in [0, 0.1) is 5.92 Å². The van der Waals surface area contributed by atoms with Crippen molar-refractivity contribution in [2.24, 2.45) is 11.7 Å². The molecule has 150 valence electrons. The smallest absolute Gasteiger partial charge is 0.160 e. The van der Waals surface area contributed by atoms with Gasteiger partial charge in [-0.3, -0.25) is 0 Å². The van der Waals surface area contributed by atoms with Crippen molar-refractivity contribution in [1.82, 2.24) is 0 Å². The zero-order chi connectivity index (χ0) is 19.4. The molecule has 1 aromatic carbocycles. The van der Waals surface area contributed by atoms with Crippen molar-refractivity contribution in [2.75, 3.05) is 14.2 Å². The standard InChI is InChI=1S/C23H41NO2/c1-6-7-8-9-10-11-12-13-14-20(23(2,3)24)17-19-15-16-21(25-4)22(18-19)26-5/h15-16,18,20H,6-14,17,24H2,1-5H3. The molecule has 1 aromatic rings.